The number of hydrogen-bond donors (Lipinski definition) is 0. The van der Waals surface area contributed by atoms with E-state index in [2.05, 4.69) is 22.1 Å². The Kier molecular flexibility index (Phi) is 6.36. The molecule has 0 bridgehead atoms. The molecule has 0 radical (unpaired) electrons. The van der Waals surface area contributed by atoms with Crippen molar-refractivity contribution in [1.82, 2.24) is 15.2 Å². The molecule has 2 aromatic carbocycles. The van der Waals surface area contributed by atoms with Crippen molar-refractivity contribution in [2.24, 2.45) is 0 Å². The number of para-hydroxylation sites is 1. The molecule has 1 atom stereocenters. The van der Waals surface area contributed by atoms with Crippen LogP contribution in [0.3, 0.4) is 0 Å². The fourth-order valence-electron chi connectivity index (χ4n) is 3.43. The van der Waals surface area contributed by atoms with E-state index in [-0.39, 0.29) is 5.91 Å². The summed E-state index contributed by atoms with van der Waals surface area (Å²) in [5.74, 6) is 0.513. The van der Waals surface area contributed by atoms with Gasteiger partial charge in [-0.25, -0.2) is 4.79 Å². The van der Waals surface area contributed by atoms with Gasteiger partial charge in [0.15, 0.2) is 5.69 Å². The summed E-state index contributed by atoms with van der Waals surface area (Å²) in [4.78, 5) is 30.8. The molecule has 1 aliphatic heterocycles. The van der Waals surface area contributed by atoms with Crippen LogP contribution in [0.2, 0.25) is 0 Å². The topological polar surface area (TPSA) is 94.5 Å². The molecule has 164 valence electrons. The van der Waals surface area contributed by atoms with Gasteiger partial charge in [0.05, 0.1) is 18.4 Å². The summed E-state index contributed by atoms with van der Waals surface area (Å²) in [5, 5.41) is 9.14. The zero-order chi connectivity index (χ0) is 22.7. The molecule has 2 heterocycles. The van der Waals surface area contributed by atoms with Gasteiger partial charge in [0.2, 0.25) is 23.2 Å². The quantitative estimate of drug-likeness (QED) is 0.420. The Morgan fingerprint density at radius 2 is 1.88 bits per heavy atom. The molecule has 0 N–H and O–H groups in total. The molecule has 1 aromatic heterocycles. The average molecular weight is 451 g/mol. The minimum absolute atomic E-state index is 0.208. The molecule has 4 rings (SSSR count). The number of fused-ring (bicyclic) bond motifs is 3. The molecule has 1 unspecified atom stereocenters. The number of rotatable bonds is 5. The van der Waals surface area contributed by atoms with Crippen molar-refractivity contribution in [1.29, 1.82) is 0 Å². The summed E-state index contributed by atoms with van der Waals surface area (Å²) in [7, 11) is 1.33. The highest BCUT2D eigenvalue weighted by molar-refractivity contribution is 7.99. The minimum Gasteiger partial charge on any atom is -0.465 e. The molecule has 1 amide bonds. The summed E-state index contributed by atoms with van der Waals surface area (Å²) < 4.78 is 11.1. The number of methoxy groups -OCH3 is 1. The predicted octanol–water partition coefficient (Wildman–Crippen LogP) is 4.27. The van der Waals surface area contributed by atoms with Crippen LogP contribution in [-0.4, -0.2) is 39.9 Å². The van der Waals surface area contributed by atoms with Gasteiger partial charge < -0.3 is 9.47 Å². The third-order valence-electron chi connectivity index (χ3n) is 4.90. The van der Waals surface area contributed by atoms with Crippen LogP contribution in [0.5, 0.6) is 5.88 Å². The minimum atomic E-state index is -0.803. The number of ether oxygens (including phenoxy) is 2. The van der Waals surface area contributed by atoms with Crippen LogP contribution < -0.4 is 9.64 Å². The third-order valence-corrected chi connectivity index (χ3v) is 5.95. The molecular weight excluding hydrogens is 428 g/mol. The van der Waals surface area contributed by atoms with Crippen molar-refractivity contribution >= 4 is 29.3 Å². The molecule has 0 aliphatic carbocycles. The van der Waals surface area contributed by atoms with Crippen LogP contribution in [-0.2, 0) is 9.53 Å². The molecular formula is C23H22N4O4S. The Hall–Kier alpha value is -3.46. The maximum absolute atomic E-state index is 12.8. The monoisotopic (exact) mass is 450 g/mol. The predicted molar refractivity (Wildman–Crippen MR) is 121 cm³/mol. The fraction of sp³-hybridized carbons (Fsp3) is 0.261. The van der Waals surface area contributed by atoms with Gasteiger partial charge in [-0.15, -0.1) is 10.2 Å². The number of amides is 1. The van der Waals surface area contributed by atoms with E-state index in [0.717, 1.165) is 12.2 Å². The van der Waals surface area contributed by atoms with Gasteiger partial charge in [-0.3, -0.25) is 9.69 Å². The molecule has 0 saturated carbocycles. The molecule has 9 heteroatoms. The van der Waals surface area contributed by atoms with Crippen molar-refractivity contribution in [3.05, 3.63) is 59.7 Å². The van der Waals surface area contributed by atoms with Crippen LogP contribution in [0, 0.1) is 0 Å². The van der Waals surface area contributed by atoms with E-state index in [1.807, 2.05) is 24.3 Å². The number of benzene rings is 2. The van der Waals surface area contributed by atoms with Crippen LogP contribution in [0.4, 0.5) is 5.69 Å². The molecule has 0 fully saturated rings. The lowest BCUT2D eigenvalue weighted by molar-refractivity contribution is -0.118. The largest absolute Gasteiger partial charge is 0.465 e. The van der Waals surface area contributed by atoms with Gasteiger partial charge in [0.25, 0.3) is 0 Å². The molecule has 3 aromatic rings. The second-order valence-electron chi connectivity index (χ2n) is 7.09. The summed E-state index contributed by atoms with van der Waals surface area (Å²) in [6.45, 7) is 3.56. The van der Waals surface area contributed by atoms with Crippen molar-refractivity contribution in [2.75, 3.05) is 17.8 Å². The Labute approximate surface area is 190 Å². The smallest absolute Gasteiger partial charge is 0.337 e. The number of nitrogens with zero attached hydrogens (tertiary/aromatic N) is 4. The van der Waals surface area contributed by atoms with Gasteiger partial charge in [0, 0.05) is 23.8 Å². The van der Waals surface area contributed by atoms with Crippen molar-refractivity contribution in [3.8, 4) is 17.1 Å². The van der Waals surface area contributed by atoms with Gasteiger partial charge in [-0.2, -0.15) is 4.98 Å². The molecule has 1 aliphatic rings. The number of carbonyl (C=O) groups excluding carboxylic acids is 2. The lowest BCUT2D eigenvalue weighted by Gasteiger charge is -2.29. The highest BCUT2D eigenvalue weighted by atomic mass is 32.2. The summed E-state index contributed by atoms with van der Waals surface area (Å²) in [6.07, 6.45) is 0.171. The first-order valence-corrected chi connectivity index (χ1v) is 11.1. The zero-order valence-corrected chi connectivity index (χ0v) is 18.8. The van der Waals surface area contributed by atoms with Gasteiger partial charge >= 0.3 is 5.97 Å². The van der Waals surface area contributed by atoms with Crippen molar-refractivity contribution in [3.63, 3.8) is 0 Å². The first-order chi connectivity index (χ1) is 15.5. The van der Waals surface area contributed by atoms with Crippen molar-refractivity contribution < 1.29 is 19.1 Å². The fourth-order valence-corrected chi connectivity index (χ4v) is 4.06. The van der Waals surface area contributed by atoms with E-state index in [4.69, 9.17) is 9.47 Å². The summed E-state index contributed by atoms with van der Waals surface area (Å²) in [5.41, 5.74) is 2.91. The number of hydrogen-bond acceptors (Lipinski definition) is 8. The summed E-state index contributed by atoms with van der Waals surface area (Å²) in [6, 6.07) is 14.2. The number of thioether (sulfide) groups is 1. The zero-order valence-electron chi connectivity index (χ0n) is 17.9. The van der Waals surface area contributed by atoms with Crippen molar-refractivity contribution in [2.45, 2.75) is 31.7 Å². The maximum Gasteiger partial charge on any atom is 0.337 e. The van der Waals surface area contributed by atoms with Gasteiger partial charge in [-0.05, 0) is 24.6 Å². The van der Waals surface area contributed by atoms with E-state index in [1.165, 1.54) is 25.8 Å². The Bertz CT molecular complexity index is 1150. The Morgan fingerprint density at radius 3 is 2.56 bits per heavy atom. The Balaban J connectivity index is 1.85. The SMILES string of the molecule is CCCSc1nnc2c(n1)OC(c1ccc(C(=O)OC)cc1)N(C(C)=O)c1ccccc1-2. The lowest BCUT2D eigenvalue weighted by atomic mass is 10.1. The second-order valence-corrected chi connectivity index (χ2v) is 8.15. The normalized spacial score (nSPS) is 14.6. The maximum atomic E-state index is 12.8. The van der Waals surface area contributed by atoms with Crippen LogP contribution in [0.1, 0.15) is 42.4 Å². The molecule has 8 nitrogen and oxygen atoms in total. The first-order valence-electron chi connectivity index (χ1n) is 10.1. The number of aromatic nitrogens is 3. The van der Waals surface area contributed by atoms with E-state index >= 15 is 0 Å². The summed E-state index contributed by atoms with van der Waals surface area (Å²) >= 11 is 1.50. The van der Waals surface area contributed by atoms with Gasteiger partial charge in [-0.1, -0.05) is 49.0 Å². The highest BCUT2D eigenvalue weighted by Crippen LogP contribution is 2.43. The molecule has 0 spiro atoms. The number of esters is 1. The van der Waals surface area contributed by atoms with E-state index in [0.29, 0.717) is 39.1 Å². The number of carbonyl (C=O) groups is 2. The standard InChI is InChI=1S/C23H22N4O4S/c1-4-13-32-23-24-20-19(25-26-23)17-7-5-6-8-18(17)27(14(2)28)21(31-20)15-9-11-16(12-10-15)22(29)30-3/h5-12,21H,4,13H2,1-3H3. The van der Waals surface area contributed by atoms with Crippen LogP contribution >= 0.6 is 11.8 Å². The Morgan fingerprint density at radius 1 is 1.12 bits per heavy atom. The van der Waals surface area contributed by atoms with E-state index in [9.17, 15) is 9.59 Å². The van der Waals surface area contributed by atoms with Gasteiger partial charge in [0.1, 0.15) is 0 Å². The van der Waals surface area contributed by atoms with E-state index < -0.39 is 12.2 Å². The van der Waals surface area contributed by atoms with Crippen LogP contribution in [0.15, 0.2) is 53.7 Å². The lowest BCUT2D eigenvalue weighted by Crippen LogP contribution is -2.36. The van der Waals surface area contributed by atoms with Crippen LogP contribution in [0.25, 0.3) is 11.3 Å². The highest BCUT2D eigenvalue weighted by Gasteiger charge is 2.34. The third kappa shape index (κ3) is 4.16. The second kappa shape index (κ2) is 9.35. The molecule has 32 heavy (non-hydrogen) atoms. The van der Waals surface area contributed by atoms with E-state index in [1.54, 1.807) is 29.2 Å². The number of anilines is 1. The average Bonchev–Trinajstić information content (AvgIpc) is 2.96. The first kappa shape index (κ1) is 21.8. The molecule has 0 saturated heterocycles.